The Morgan fingerprint density at radius 3 is 2.78 bits per heavy atom. The summed E-state index contributed by atoms with van der Waals surface area (Å²) in [6.07, 6.45) is 6.38. The predicted octanol–water partition coefficient (Wildman–Crippen LogP) is 2.29. The van der Waals surface area contributed by atoms with Crippen LogP contribution in [0.2, 0.25) is 0 Å². The zero-order valence-electron chi connectivity index (χ0n) is 15.3. The Bertz CT molecular complexity index is 961. The Kier molecular flexibility index (Phi) is 4.53. The highest BCUT2D eigenvalue weighted by Crippen LogP contribution is 2.38. The van der Waals surface area contributed by atoms with E-state index in [1.54, 1.807) is 25.6 Å². The summed E-state index contributed by atoms with van der Waals surface area (Å²) in [4.78, 5) is 21.5. The van der Waals surface area contributed by atoms with Crippen molar-refractivity contribution in [3.05, 3.63) is 59.7 Å². The number of rotatable bonds is 5. The molecule has 140 valence electrons. The largest absolute Gasteiger partial charge is 0.481 e. The van der Waals surface area contributed by atoms with Gasteiger partial charge in [-0.05, 0) is 42.9 Å². The molecule has 0 bridgehead atoms. The average Bonchev–Trinajstić information content (AvgIpc) is 3.07. The first-order valence-electron chi connectivity index (χ1n) is 8.97. The summed E-state index contributed by atoms with van der Waals surface area (Å²) in [7, 11) is 1.56. The van der Waals surface area contributed by atoms with Gasteiger partial charge in [0.25, 0.3) is 5.91 Å². The highest BCUT2D eigenvalue weighted by Gasteiger charge is 2.36. The Morgan fingerprint density at radius 2 is 2.11 bits per heavy atom. The SMILES string of the molecule is COc1ccc([C@@H](NC(=O)c2cn3cc(C)ccc3n2)C2CC(O)C2)cn1. The van der Waals surface area contributed by atoms with E-state index in [4.69, 9.17) is 4.74 Å². The van der Waals surface area contributed by atoms with Gasteiger partial charge in [-0.2, -0.15) is 0 Å². The zero-order chi connectivity index (χ0) is 19.0. The van der Waals surface area contributed by atoms with Crippen molar-refractivity contribution in [2.75, 3.05) is 7.11 Å². The van der Waals surface area contributed by atoms with Crippen molar-refractivity contribution < 1.29 is 14.6 Å². The topological polar surface area (TPSA) is 88.8 Å². The van der Waals surface area contributed by atoms with Gasteiger partial charge in [0, 0.05) is 24.7 Å². The van der Waals surface area contributed by atoms with E-state index in [-0.39, 0.29) is 24.0 Å². The third kappa shape index (κ3) is 3.50. The quantitative estimate of drug-likeness (QED) is 0.723. The van der Waals surface area contributed by atoms with Gasteiger partial charge in [0.15, 0.2) is 0 Å². The molecule has 0 spiro atoms. The number of amides is 1. The number of hydrogen-bond acceptors (Lipinski definition) is 5. The highest BCUT2D eigenvalue weighted by molar-refractivity contribution is 5.93. The summed E-state index contributed by atoms with van der Waals surface area (Å²) >= 11 is 0. The molecule has 1 atom stereocenters. The molecule has 0 aliphatic heterocycles. The number of aromatic nitrogens is 3. The fraction of sp³-hybridized carbons (Fsp3) is 0.350. The number of pyridine rings is 2. The van der Waals surface area contributed by atoms with Crippen molar-refractivity contribution in [1.82, 2.24) is 19.7 Å². The number of imidazole rings is 1. The van der Waals surface area contributed by atoms with Gasteiger partial charge < -0.3 is 19.6 Å². The van der Waals surface area contributed by atoms with Crippen LogP contribution < -0.4 is 10.1 Å². The van der Waals surface area contributed by atoms with Crippen molar-refractivity contribution in [1.29, 1.82) is 0 Å². The predicted molar refractivity (Wildman–Crippen MR) is 99.7 cm³/mol. The number of nitrogens with one attached hydrogen (secondary N) is 1. The number of ether oxygens (including phenoxy) is 1. The molecule has 1 amide bonds. The van der Waals surface area contributed by atoms with Crippen LogP contribution in [0.25, 0.3) is 5.65 Å². The fourth-order valence-corrected chi connectivity index (χ4v) is 3.50. The van der Waals surface area contributed by atoms with Crippen LogP contribution in [0.3, 0.4) is 0 Å². The van der Waals surface area contributed by atoms with Crippen LogP contribution in [-0.2, 0) is 0 Å². The van der Waals surface area contributed by atoms with Crippen LogP contribution in [0.5, 0.6) is 5.88 Å². The summed E-state index contributed by atoms with van der Waals surface area (Å²) < 4.78 is 6.96. The molecule has 0 unspecified atom stereocenters. The number of aliphatic hydroxyl groups excluding tert-OH is 1. The van der Waals surface area contributed by atoms with Crippen molar-refractivity contribution in [3.8, 4) is 5.88 Å². The number of carbonyl (C=O) groups excluding carboxylic acids is 1. The number of carbonyl (C=O) groups is 1. The molecule has 0 radical (unpaired) electrons. The second-order valence-corrected chi connectivity index (χ2v) is 7.07. The molecule has 27 heavy (non-hydrogen) atoms. The number of methoxy groups -OCH3 is 1. The maximum absolute atomic E-state index is 12.8. The number of aryl methyl sites for hydroxylation is 1. The first-order chi connectivity index (χ1) is 13.0. The van der Waals surface area contributed by atoms with Crippen molar-refractivity contribution in [2.45, 2.75) is 31.9 Å². The Labute approximate surface area is 157 Å². The van der Waals surface area contributed by atoms with E-state index in [1.165, 1.54) is 0 Å². The van der Waals surface area contributed by atoms with Gasteiger partial charge in [0.1, 0.15) is 11.3 Å². The number of hydrogen-bond donors (Lipinski definition) is 2. The van der Waals surface area contributed by atoms with Crippen LogP contribution in [-0.4, -0.2) is 38.6 Å². The molecule has 0 saturated heterocycles. The molecule has 1 saturated carbocycles. The van der Waals surface area contributed by atoms with Crippen molar-refractivity contribution in [3.63, 3.8) is 0 Å². The van der Waals surface area contributed by atoms with Gasteiger partial charge >= 0.3 is 0 Å². The monoisotopic (exact) mass is 366 g/mol. The standard InChI is InChI=1S/C20H22N4O3/c1-12-3-5-17-22-16(11-24(17)10-12)20(26)23-19(14-7-15(25)8-14)13-4-6-18(27-2)21-9-13/h3-6,9-11,14-15,19,25H,7-8H2,1-2H3,(H,23,26)/t14?,15?,19-/m1/s1. The van der Waals surface area contributed by atoms with E-state index in [0.717, 1.165) is 16.8 Å². The molecule has 3 heterocycles. The van der Waals surface area contributed by atoms with E-state index < -0.39 is 0 Å². The minimum absolute atomic E-state index is 0.165. The van der Waals surface area contributed by atoms with Gasteiger partial charge in [-0.3, -0.25) is 4.79 Å². The first-order valence-corrected chi connectivity index (χ1v) is 8.97. The Balaban J connectivity index is 1.58. The van der Waals surface area contributed by atoms with Crippen LogP contribution >= 0.6 is 0 Å². The van der Waals surface area contributed by atoms with Crippen LogP contribution in [0.4, 0.5) is 0 Å². The van der Waals surface area contributed by atoms with Crippen LogP contribution in [0, 0.1) is 12.8 Å². The summed E-state index contributed by atoms with van der Waals surface area (Å²) in [5.74, 6) is 0.449. The molecular weight excluding hydrogens is 344 g/mol. The second kappa shape index (κ2) is 7.00. The molecule has 3 aromatic rings. The maximum atomic E-state index is 12.8. The molecule has 7 heteroatoms. The lowest BCUT2D eigenvalue weighted by molar-refractivity contribution is 0.0234. The molecule has 7 nitrogen and oxygen atoms in total. The minimum atomic E-state index is -0.307. The van der Waals surface area contributed by atoms with E-state index >= 15 is 0 Å². The van der Waals surface area contributed by atoms with Gasteiger partial charge in [0.05, 0.1) is 19.3 Å². The number of fused-ring (bicyclic) bond motifs is 1. The van der Waals surface area contributed by atoms with Gasteiger partial charge in [-0.15, -0.1) is 0 Å². The van der Waals surface area contributed by atoms with Gasteiger partial charge in [-0.25, -0.2) is 9.97 Å². The van der Waals surface area contributed by atoms with Crippen molar-refractivity contribution in [2.24, 2.45) is 5.92 Å². The summed E-state index contributed by atoms with van der Waals surface area (Å²) in [6.45, 7) is 1.99. The van der Waals surface area contributed by atoms with Gasteiger partial charge in [-0.1, -0.05) is 12.1 Å². The first kappa shape index (κ1) is 17.5. The Hall–Kier alpha value is -2.93. The summed E-state index contributed by atoms with van der Waals surface area (Å²) in [5.41, 5.74) is 3.08. The minimum Gasteiger partial charge on any atom is -0.481 e. The summed E-state index contributed by atoms with van der Waals surface area (Å²) in [5, 5.41) is 12.8. The lowest BCUT2D eigenvalue weighted by Crippen LogP contribution is -2.41. The van der Waals surface area contributed by atoms with Crippen LogP contribution in [0.1, 0.15) is 40.5 Å². The molecule has 0 aromatic carbocycles. The molecular formula is C20H22N4O3. The third-order valence-electron chi connectivity index (χ3n) is 5.07. The normalized spacial score (nSPS) is 20.1. The van der Waals surface area contributed by atoms with E-state index in [1.807, 2.05) is 35.7 Å². The molecule has 2 N–H and O–H groups in total. The maximum Gasteiger partial charge on any atom is 0.272 e. The molecule has 3 aromatic heterocycles. The average molecular weight is 366 g/mol. The lowest BCUT2D eigenvalue weighted by atomic mass is 9.75. The van der Waals surface area contributed by atoms with Crippen molar-refractivity contribution >= 4 is 11.6 Å². The molecule has 1 aliphatic rings. The number of aliphatic hydroxyl groups is 1. The molecule has 1 aliphatic carbocycles. The lowest BCUT2D eigenvalue weighted by Gasteiger charge is -2.38. The highest BCUT2D eigenvalue weighted by atomic mass is 16.5. The van der Waals surface area contributed by atoms with E-state index in [2.05, 4.69) is 15.3 Å². The molecule has 1 fully saturated rings. The van der Waals surface area contributed by atoms with Gasteiger partial charge in [0.2, 0.25) is 5.88 Å². The smallest absolute Gasteiger partial charge is 0.272 e. The fourth-order valence-electron chi connectivity index (χ4n) is 3.50. The molecule has 4 rings (SSSR count). The zero-order valence-corrected chi connectivity index (χ0v) is 15.3. The Morgan fingerprint density at radius 1 is 1.30 bits per heavy atom. The van der Waals surface area contributed by atoms with E-state index in [0.29, 0.717) is 24.4 Å². The number of nitrogens with zero attached hydrogens (tertiary/aromatic N) is 3. The summed E-state index contributed by atoms with van der Waals surface area (Å²) in [6, 6.07) is 7.29. The van der Waals surface area contributed by atoms with Crippen LogP contribution in [0.15, 0.2) is 42.9 Å². The third-order valence-corrected chi connectivity index (χ3v) is 5.07. The van der Waals surface area contributed by atoms with E-state index in [9.17, 15) is 9.90 Å². The second-order valence-electron chi connectivity index (χ2n) is 7.07.